The zero-order valence-corrected chi connectivity index (χ0v) is 16.3. The summed E-state index contributed by atoms with van der Waals surface area (Å²) in [5.74, 6) is 3.81. The molecule has 1 fully saturated rings. The first-order chi connectivity index (χ1) is 13.1. The van der Waals surface area contributed by atoms with Crippen LogP contribution < -0.4 is 4.74 Å². The Kier molecular flexibility index (Phi) is 5.23. The summed E-state index contributed by atoms with van der Waals surface area (Å²) >= 11 is 5.92. The fraction of sp³-hybridized carbons (Fsp3) is 0.381. The molecule has 0 aliphatic carbocycles. The second-order valence-electron chi connectivity index (χ2n) is 6.98. The van der Waals surface area contributed by atoms with Crippen molar-refractivity contribution in [2.24, 2.45) is 0 Å². The van der Waals surface area contributed by atoms with E-state index in [4.69, 9.17) is 25.2 Å². The number of likely N-dealkylation sites (tertiary alicyclic amines) is 1. The van der Waals surface area contributed by atoms with Crippen LogP contribution >= 0.6 is 11.6 Å². The number of ether oxygens (including phenoxy) is 1. The molecule has 27 heavy (non-hydrogen) atoms. The quantitative estimate of drug-likeness (QED) is 0.599. The zero-order chi connectivity index (χ0) is 18.8. The maximum absolute atomic E-state index is 6.06. The molecule has 1 saturated heterocycles. The largest absolute Gasteiger partial charge is 0.490 e. The Labute approximate surface area is 163 Å². The van der Waals surface area contributed by atoms with Crippen molar-refractivity contribution >= 4 is 11.6 Å². The molecule has 1 aliphatic heterocycles. The molecule has 2 aromatic heterocycles. The van der Waals surface area contributed by atoms with Crippen molar-refractivity contribution in [2.45, 2.75) is 39.3 Å². The summed E-state index contributed by atoms with van der Waals surface area (Å²) in [5, 5.41) is 0.726. The summed E-state index contributed by atoms with van der Waals surface area (Å²) in [5.41, 5.74) is 0.969. The van der Waals surface area contributed by atoms with Crippen LogP contribution in [0.15, 0.2) is 45.2 Å². The Hall–Kier alpha value is -2.24. The van der Waals surface area contributed by atoms with E-state index in [2.05, 4.69) is 9.88 Å². The van der Waals surface area contributed by atoms with Crippen LogP contribution in [0.1, 0.15) is 30.1 Å². The van der Waals surface area contributed by atoms with Gasteiger partial charge in [-0.15, -0.1) is 0 Å². The van der Waals surface area contributed by atoms with Crippen molar-refractivity contribution in [3.8, 4) is 17.4 Å². The minimum Gasteiger partial charge on any atom is -0.490 e. The number of aryl methyl sites for hydroxylation is 2. The third-order valence-electron chi connectivity index (χ3n) is 4.87. The number of aromatic nitrogens is 1. The molecule has 5 nitrogen and oxygen atoms in total. The molecule has 0 bridgehead atoms. The fourth-order valence-corrected chi connectivity index (χ4v) is 3.46. The highest BCUT2D eigenvalue weighted by molar-refractivity contribution is 6.30. The maximum Gasteiger partial charge on any atom is 0.263 e. The molecule has 6 heteroatoms. The normalized spacial score (nSPS) is 16.0. The minimum atomic E-state index is 0.238. The molecule has 1 aliphatic rings. The molecule has 3 aromatic rings. The highest BCUT2D eigenvalue weighted by atomic mass is 35.5. The molecular formula is C21H23ClN2O3. The number of nitrogens with zero attached hydrogens (tertiary/aromatic N) is 2. The average Bonchev–Trinajstić information content (AvgIpc) is 3.25. The lowest BCUT2D eigenvalue weighted by Crippen LogP contribution is -2.38. The lowest BCUT2D eigenvalue weighted by atomic mass is 10.1. The number of benzene rings is 1. The Morgan fingerprint density at radius 3 is 2.48 bits per heavy atom. The number of hydrogen-bond donors (Lipinski definition) is 0. The van der Waals surface area contributed by atoms with Gasteiger partial charge in [0.25, 0.3) is 5.89 Å². The molecule has 142 valence electrons. The number of rotatable bonds is 5. The Bertz CT molecular complexity index is 893. The Morgan fingerprint density at radius 2 is 1.81 bits per heavy atom. The van der Waals surface area contributed by atoms with E-state index >= 15 is 0 Å². The number of halogens is 1. The standard InChI is InChI=1S/C21H23ClN2O3/c1-14-3-8-20(25-14)21-23-19(15(2)26-21)13-24-11-9-18(10-12-24)27-17-6-4-16(22)5-7-17/h3-8,18H,9-13H2,1-2H3. The van der Waals surface area contributed by atoms with E-state index in [-0.39, 0.29) is 6.10 Å². The van der Waals surface area contributed by atoms with Gasteiger partial charge in [-0.05, 0) is 63.1 Å². The summed E-state index contributed by atoms with van der Waals surface area (Å²) < 4.78 is 17.5. The van der Waals surface area contributed by atoms with Gasteiger partial charge in [-0.3, -0.25) is 4.90 Å². The van der Waals surface area contributed by atoms with Crippen LogP contribution in [0.3, 0.4) is 0 Å². The smallest absolute Gasteiger partial charge is 0.263 e. The van der Waals surface area contributed by atoms with Crippen molar-refractivity contribution < 1.29 is 13.6 Å². The molecule has 0 atom stereocenters. The molecule has 0 N–H and O–H groups in total. The van der Waals surface area contributed by atoms with E-state index in [0.717, 1.165) is 60.5 Å². The maximum atomic E-state index is 6.06. The van der Waals surface area contributed by atoms with Gasteiger partial charge in [0, 0.05) is 24.7 Å². The van der Waals surface area contributed by atoms with Crippen LogP contribution in [0, 0.1) is 13.8 Å². The molecular weight excluding hydrogens is 364 g/mol. The first-order valence-corrected chi connectivity index (χ1v) is 9.62. The van der Waals surface area contributed by atoms with Gasteiger partial charge >= 0.3 is 0 Å². The summed E-state index contributed by atoms with van der Waals surface area (Å²) in [7, 11) is 0. The summed E-state index contributed by atoms with van der Waals surface area (Å²) in [6, 6.07) is 11.4. The summed E-state index contributed by atoms with van der Waals surface area (Å²) in [6.07, 6.45) is 2.22. The van der Waals surface area contributed by atoms with Gasteiger partial charge in [-0.1, -0.05) is 11.6 Å². The van der Waals surface area contributed by atoms with Gasteiger partial charge < -0.3 is 13.6 Å². The number of hydrogen-bond acceptors (Lipinski definition) is 5. The van der Waals surface area contributed by atoms with Crippen LogP contribution in [0.2, 0.25) is 5.02 Å². The van der Waals surface area contributed by atoms with Gasteiger partial charge in [-0.2, -0.15) is 0 Å². The topological polar surface area (TPSA) is 51.6 Å². The van der Waals surface area contributed by atoms with Gasteiger partial charge in [0.1, 0.15) is 23.4 Å². The van der Waals surface area contributed by atoms with Crippen LogP contribution in [-0.4, -0.2) is 29.1 Å². The van der Waals surface area contributed by atoms with Crippen molar-refractivity contribution in [2.75, 3.05) is 13.1 Å². The van der Waals surface area contributed by atoms with Crippen LogP contribution in [0.5, 0.6) is 5.75 Å². The molecule has 0 saturated carbocycles. The highest BCUT2D eigenvalue weighted by Gasteiger charge is 2.23. The van der Waals surface area contributed by atoms with E-state index in [9.17, 15) is 0 Å². The molecule has 0 spiro atoms. The Balaban J connectivity index is 1.33. The van der Waals surface area contributed by atoms with E-state index in [1.807, 2.05) is 50.2 Å². The lowest BCUT2D eigenvalue weighted by molar-refractivity contribution is 0.0960. The third-order valence-corrected chi connectivity index (χ3v) is 5.12. The molecule has 0 unspecified atom stereocenters. The molecule has 4 rings (SSSR count). The predicted octanol–water partition coefficient (Wildman–Crippen LogP) is 5.25. The van der Waals surface area contributed by atoms with Crippen molar-refractivity contribution in [1.82, 2.24) is 9.88 Å². The van der Waals surface area contributed by atoms with E-state index < -0.39 is 0 Å². The second-order valence-corrected chi connectivity index (χ2v) is 7.42. The van der Waals surface area contributed by atoms with Gasteiger partial charge in [0.2, 0.25) is 0 Å². The average molecular weight is 387 g/mol. The van der Waals surface area contributed by atoms with E-state index in [0.29, 0.717) is 11.7 Å². The van der Waals surface area contributed by atoms with Crippen LogP contribution in [0.25, 0.3) is 11.7 Å². The van der Waals surface area contributed by atoms with E-state index in [1.54, 1.807) is 0 Å². The molecule has 0 radical (unpaired) electrons. The predicted molar refractivity (Wildman–Crippen MR) is 104 cm³/mol. The van der Waals surface area contributed by atoms with Gasteiger partial charge in [0.05, 0.1) is 5.69 Å². The lowest BCUT2D eigenvalue weighted by Gasteiger charge is -2.31. The van der Waals surface area contributed by atoms with E-state index in [1.165, 1.54) is 0 Å². The van der Waals surface area contributed by atoms with Gasteiger partial charge in [0.15, 0.2) is 5.76 Å². The minimum absolute atomic E-state index is 0.238. The summed E-state index contributed by atoms with van der Waals surface area (Å²) in [6.45, 7) is 6.59. The highest BCUT2D eigenvalue weighted by Crippen LogP contribution is 2.26. The molecule has 1 aromatic carbocycles. The first kappa shape index (κ1) is 18.1. The molecule has 0 amide bonds. The zero-order valence-electron chi connectivity index (χ0n) is 15.6. The fourth-order valence-electron chi connectivity index (χ4n) is 3.33. The number of oxazole rings is 1. The van der Waals surface area contributed by atoms with Crippen molar-refractivity contribution in [3.63, 3.8) is 0 Å². The van der Waals surface area contributed by atoms with Crippen molar-refractivity contribution in [1.29, 1.82) is 0 Å². The summed E-state index contributed by atoms with van der Waals surface area (Å²) in [4.78, 5) is 7.03. The van der Waals surface area contributed by atoms with Crippen LogP contribution in [-0.2, 0) is 6.54 Å². The first-order valence-electron chi connectivity index (χ1n) is 9.24. The number of piperidine rings is 1. The second kappa shape index (κ2) is 7.79. The van der Waals surface area contributed by atoms with Crippen molar-refractivity contribution in [3.05, 3.63) is 58.6 Å². The Morgan fingerprint density at radius 1 is 1.07 bits per heavy atom. The van der Waals surface area contributed by atoms with Crippen LogP contribution in [0.4, 0.5) is 0 Å². The monoisotopic (exact) mass is 386 g/mol. The number of furan rings is 1. The third kappa shape index (κ3) is 4.37. The SMILES string of the molecule is Cc1ccc(-c2nc(CN3CCC(Oc4ccc(Cl)cc4)CC3)c(C)o2)o1. The van der Waals surface area contributed by atoms with Gasteiger partial charge in [-0.25, -0.2) is 4.98 Å². The molecule has 3 heterocycles.